The van der Waals surface area contributed by atoms with Crippen molar-refractivity contribution in [1.82, 2.24) is 10.3 Å². The van der Waals surface area contributed by atoms with Gasteiger partial charge in [0.1, 0.15) is 5.41 Å². The summed E-state index contributed by atoms with van der Waals surface area (Å²) in [7, 11) is 1.79. The molecule has 2 heterocycles. The number of amides is 2. The van der Waals surface area contributed by atoms with E-state index in [2.05, 4.69) is 17.4 Å². The van der Waals surface area contributed by atoms with Crippen LogP contribution in [0.2, 0.25) is 0 Å². The Morgan fingerprint density at radius 2 is 1.71 bits per heavy atom. The third-order valence-electron chi connectivity index (χ3n) is 6.36. The van der Waals surface area contributed by atoms with Gasteiger partial charge in [0.05, 0.1) is 16.9 Å². The maximum absolute atomic E-state index is 13.5. The minimum Gasteiger partial charge on any atom is -0.351 e. The van der Waals surface area contributed by atoms with Crippen molar-refractivity contribution in [2.45, 2.75) is 19.3 Å². The minimum atomic E-state index is -0.982. The van der Waals surface area contributed by atoms with Gasteiger partial charge in [-0.1, -0.05) is 48.5 Å². The second-order valence-corrected chi connectivity index (χ2v) is 8.37. The van der Waals surface area contributed by atoms with Crippen LogP contribution in [0.1, 0.15) is 28.5 Å². The normalized spacial score (nSPS) is 17.9. The van der Waals surface area contributed by atoms with Crippen LogP contribution in [0.25, 0.3) is 21.7 Å². The Bertz CT molecular complexity index is 1380. The molecule has 0 aliphatic carbocycles. The highest BCUT2D eigenvalue weighted by Crippen LogP contribution is 2.43. The minimum absolute atomic E-state index is 0.0830. The number of aromatic nitrogens is 1. The predicted molar refractivity (Wildman–Crippen MR) is 124 cm³/mol. The van der Waals surface area contributed by atoms with Crippen molar-refractivity contribution < 1.29 is 9.59 Å². The molecular formula is C26H23N3O2. The third-order valence-corrected chi connectivity index (χ3v) is 6.36. The second-order valence-electron chi connectivity index (χ2n) is 8.37. The van der Waals surface area contributed by atoms with Gasteiger partial charge >= 0.3 is 0 Å². The zero-order valence-corrected chi connectivity index (χ0v) is 17.8. The highest BCUT2D eigenvalue weighted by atomic mass is 16.2. The lowest BCUT2D eigenvalue weighted by molar-refractivity contribution is -0.123. The number of anilines is 1. The summed E-state index contributed by atoms with van der Waals surface area (Å²) in [6, 6.07) is 21.4. The summed E-state index contributed by atoms with van der Waals surface area (Å²) < 4.78 is 0. The standard InChI is InChI=1S/C26H23N3O2/c1-16-9-4-5-10-17(16)24(30)27-15-26(2)23-22-19(18-11-6-7-13-20(18)28-23)12-8-14-21(22)29(3)25(26)31/h4-14H,15H2,1-3H3,(H,27,30). The molecule has 5 heteroatoms. The van der Waals surface area contributed by atoms with E-state index in [1.54, 1.807) is 18.0 Å². The van der Waals surface area contributed by atoms with E-state index in [1.165, 1.54) is 0 Å². The van der Waals surface area contributed by atoms with Crippen molar-refractivity contribution in [3.63, 3.8) is 0 Å². The average Bonchev–Trinajstić information content (AvgIpc) is 2.80. The predicted octanol–water partition coefficient (Wildman–Crippen LogP) is 4.36. The molecule has 1 aliphatic heterocycles. The Morgan fingerprint density at radius 3 is 2.52 bits per heavy atom. The Hall–Kier alpha value is -3.73. The van der Waals surface area contributed by atoms with Crippen molar-refractivity contribution in [2.75, 3.05) is 18.5 Å². The van der Waals surface area contributed by atoms with Crippen LogP contribution in [0.4, 0.5) is 5.69 Å². The number of pyridine rings is 1. The number of carbonyl (C=O) groups is 2. The summed E-state index contributed by atoms with van der Waals surface area (Å²) >= 11 is 0. The van der Waals surface area contributed by atoms with Crippen LogP contribution in [0.5, 0.6) is 0 Å². The van der Waals surface area contributed by atoms with E-state index in [1.807, 2.05) is 62.4 Å². The SMILES string of the molecule is Cc1ccccc1C(=O)NCC1(C)C(=O)N(C)c2cccc3c2c1nc1ccccc13. The molecule has 4 aromatic rings. The van der Waals surface area contributed by atoms with E-state index >= 15 is 0 Å². The number of rotatable bonds is 3. The molecule has 5 rings (SSSR count). The first-order valence-corrected chi connectivity index (χ1v) is 10.4. The molecule has 1 atom stereocenters. The fourth-order valence-corrected chi connectivity index (χ4v) is 4.59. The molecule has 0 radical (unpaired) electrons. The van der Waals surface area contributed by atoms with Gasteiger partial charge in [-0.05, 0) is 43.0 Å². The van der Waals surface area contributed by atoms with Crippen LogP contribution < -0.4 is 10.2 Å². The average molecular weight is 409 g/mol. The first-order valence-electron chi connectivity index (χ1n) is 10.4. The van der Waals surface area contributed by atoms with Gasteiger partial charge in [0.2, 0.25) is 5.91 Å². The van der Waals surface area contributed by atoms with Gasteiger partial charge in [0, 0.05) is 29.9 Å². The lowest BCUT2D eigenvalue weighted by Crippen LogP contribution is -2.53. The Labute approximate surface area is 180 Å². The number of carbonyl (C=O) groups excluding carboxylic acids is 2. The monoisotopic (exact) mass is 409 g/mol. The third kappa shape index (κ3) is 2.81. The number of benzene rings is 3. The van der Waals surface area contributed by atoms with Gasteiger partial charge in [0.25, 0.3) is 5.91 Å². The summed E-state index contributed by atoms with van der Waals surface area (Å²) in [4.78, 5) is 33.0. The summed E-state index contributed by atoms with van der Waals surface area (Å²) in [5, 5.41) is 6.08. The van der Waals surface area contributed by atoms with Crippen LogP contribution in [-0.2, 0) is 10.2 Å². The van der Waals surface area contributed by atoms with Gasteiger partial charge in [-0.15, -0.1) is 0 Å². The van der Waals surface area contributed by atoms with Gasteiger partial charge in [-0.25, -0.2) is 0 Å². The molecule has 5 nitrogen and oxygen atoms in total. The fraction of sp³-hybridized carbons (Fsp3) is 0.192. The first-order chi connectivity index (χ1) is 14.9. The van der Waals surface area contributed by atoms with Gasteiger partial charge in [-0.3, -0.25) is 14.6 Å². The zero-order valence-electron chi connectivity index (χ0n) is 17.8. The Morgan fingerprint density at radius 1 is 1.00 bits per heavy atom. The molecule has 0 saturated carbocycles. The first kappa shape index (κ1) is 19.2. The van der Waals surface area contributed by atoms with E-state index in [4.69, 9.17) is 4.98 Å². The maximum atomic E-state index is 13.5. The van der Waals surface area contributed by atoms with E-state index in [9.17, 15) is 9.59 Å². The van der Waals surface area contributed by atoms with E-state index in [0.717, 1.165) is 32.9 Å². The molecular weight excluding hydrogens is 386 g/mol. The Balaban J connectivity index is 1.66. The molecule has 31 heavy (non-hydrogen) atoms. The topological polar surface area (TPSA) is 62.3 Å². The largest absolute Gasteiger partial charge is 0.351 e. The lowest BCUT2D eigenvalue weighted by Gasteiger charge is -2.38. The van der Waals surface area contributed by atoms with Crippen LogP contribution in [-0.4, -0.2) is 30.4 Å². The van der Waals surface area contributed by atoms with Crippen molar-refractivity contribution in [3.8, 4) is 0 Å². The zero-order chi connectivity index (χ0) is 21.8. The molecule has 3 aromatic carbocycles. The number of nitrogens with zero attached hydrogens (tertiary/aromatic N) is 2. The number of fused-ring (bicyclic) bond motifs is 2. The van der Waals surface area contributed by atoms with E-state index in [-0.39, 0.29) is 18.4 Å². The molecule has 1 unspecified atom stereocenters. The molecule has 154 valence electrons. The fourth-order valence-electron chi connectivity index (χ4n) is 4.59. The molecule has 0 saturated heterocycles. The van der Waals surface area contributed by atoms with Crippen molar-refractivity contribution in [1.29, 1.82) is 0 Å². The Kier molecular flexibility index (Phi) is 4.29. The van der Waals surface area contributed by atoms with Gasteiger partial charge < -0.3 is 10.2 Å². The van der Waals surface area contributed by atoms with E-state index < -0.39 is 5.41 Å². The van der Waals surface area contributed by atoms with Crippen LogP contribution in [0.15, 0.2) is 66.7 Å². The molecule has 1 aliphatic rings. The number of nitrogens with one attached hydrogen (secondary N) is 1. The van der Waals surface area contributed by atoms with Crippen LogP contribution in [0, 0.1) is 6.92 Å². The van der Waals surface area contributed by atoms with Crippen LogP contribution >= 0.6 is 0 Å². The second kappa shape index (κ2) is 6.91. The number of aryl methyl sites for hydroxylation is 1. The highest BCUT2D eigenvalue weighted by Gasteiger charge is 2.45. The van der Waals surface area contributed by atoms with Crippen LogP contribution in [0.3, 0.4) is 0 Å². The quantitative estimate of drug-likeness (QED) is 0.512. The molecule has 1 N–H and O–H groups in total. The number of hydrogen-bond acceptors (Lipinski definition) is 3. The van der Waals surface area contributed by atoms with Crippen molar-refractivity contribution in [2.24, 2.45) is 0 Å². The summed E-state index contributed by atoms with van der Waals surface area (Å²) in [5.74, 6) is -0.272. The molecule has 0 fully saturated rings. The number of para-hydroxylation sites is 1. The van der Waals surface area contributed by atoms with Crippen molar-refractivity contribution >= 4 is 39.2 Å². The number of hydrogen-bond donors (Lipinski definition) is 1. The molecule has 0 spiro atoms. The molecule has 2 amide bonds. The highest BCUT2D eigenvalue weighted by molar-refractivity contribution is 6.19. The summed E-state index contributed by atoms with van der Waals surface area (Å²) in [6.07, 6.45) is 0. The van der Waals surface area contributed by atoms with Crippen molar-refractivity contribution in [3.05, 3.63) is 83.6 Å². The van der Waals surface area contributed by atoms with Gasteiger partial charge in [0.15, 0.2) is 0 Å². The molecule has 1 aromatic heterocycles. The lowest BCUT2D eigenvalue weighted by atomic mass is 9.78. The smallest absolute Gasteiger partial charge is 0.251 e. The number of likely N-dealkylation sites (N-methyl/N-ethyl adjacent to an activating group) is 1. The molecule has 0 bridgehead atoms. The summed E-state index contributed by atoms with van der Waals surface area (Å²) in [5.41, 5.74) is 2.93. The summed E-state index contributed by atoms with van der Waals surface area (Å²) in [6.45, 7) is 3.94. The van der Waals surface area contributed by atoms with E-state index in [0.29, 0.717) is 11.3 Å². The maximum Gasteiger partial charge on any atom is 0.251 e. The van der Waals surface area contributed by atoms with Gasteiger partial charge in [-0.2, -0.15) is 0 Å².